The normalized spacial score (nSPS) is 10.3. The Morgan fingerprint density at radius 2 is 2.17 bits per heavy atom. The van der Waals surface area contributed by atoms with Crippen molar-refractivity contribution in [1.82, 2.24) is 20.0 Å². The summed E-state index contributed by atoms with van der Waals surface area (Å²) in [5, 5.41) is 15.3. The number of carbonyl (C=O) groups excluding carboxylic acids is 1. The zero-order valence-corrected chi connectivity index (χ0v) is 12.6. The third kappa shape index (κ3) is 4.29. The van der Waals surface area contributed by atoms with E-state index in [9.17, 15) is 14.0 Å². The topological polar surface area (TPSA) is 87.5 Å². The molecule has 2 rings (SSSR count). The van der Waals surface area contributed by atoms with Crippen molar-refractivity contribution in [2.75, 3.05) is 13.6 Å². The lowest BCUT2D eigenvalue weighted by molar-refractivity contribution is -0.137. The van der Waals surface area contributed by atoms with E-state index in [4.69, 9.17) is 5.11 Å². The Bertz CT molecular complexity index is 688. The van der Waals surface area contributed by atoms with Crippen molar-refractivity contribution in [1.29, 1.82) is 0 Å². The summed E-state index contributed by atoms with van der Waals surface area (Å²) < 4.78 is 15.6. The standard InChI is InChI=1S/C15H17FN4O3/c1-19(9-6-14(21)22)15(23)17-10-11-12(16)4-2-5-13(11)20-8-3-7-18-20/h2-5,7-8H,6,9-10H2,1H3,(H,17,23)(H,21,22). The zero-order valence-electron chi connectivity index (χ0n) is 12.6. The van der Waals surface area contributed by atoms with Gasteiger partial charge in [-0.25, -0.2) is 13.9 Å². The van der Waals surface area contributed by atoms with Crippen LogP contribution in [-0.2, 0) is 11.3 Å². The summed E-state index contributed by atoms with van der Waals surface area (Å²) in [5.74, 6) is -1.44. The fourth-order valence-corrected chi connectivity index (χ4v) is 2.01. The minimum atomic E-state index is -0.986. The largest absolute Gasteiger partial charge is 0.481 e. The number of carbonyl (C=O) groups is 2. The number of aliphatic carboxylic acids is 1. The lowest BCUT2D eigenvalue weighted by Gasteiger charge is -2.18. The van der Waals surface area contributed by atoms with Gasteiger partial charge in [-0.05, 0) is 18.2 Å². The van der Waals surface area contributed by atoms with E-state index in [0.29, 0.717) is 11.3 Å². The van der Waals surface area contributed by atoms with Crippen LogP contribution in [0.3, 0.4) is 0 Å². The number of halogens is 1. The number of rotatable bonds is 6. The quantitative estimate of drug-likeness (QED) is 0.847. The van der Waals surface area contributed by atoms with Crippen molar-refractivity contribution >= 4 is 12.0 Å². The van der Waals surface area contributed by atoms with Gasteiger partial charge in [0.2, 0.25) is 0 Å². The van der Waals surface area contributed by atoms with Gasteiger partial charge in [0, 0.05) is 38.1 Å². The number of carboxylic acids is 1. The van der Waals surface area contributed by atoms with E-state index in [-0.39, 0.29) is 19.5 Å². The maximum absolute atomic E-state index is 14.1. The van der Waals surface area contributed by atoms with Crippen molar-refractivity contribution < 1.29 is 19.1 Å². The molecule has 0 unspecified atom stereocenters. The number of aromatic nitrogens is 2. The first-order chi connectivity index (χ1) is 11.0. The molecule has 0 atom stereocenters. The Hall–Kier alpha value is -2.90. The Morgan fingerprint density at radius 1 is 1.39 bits per heavy atom. The summed E-state index contributed by atoms with van der Waals surface area (Å²) in [5.41, 5.74) is 0.833. The van der Waals surface area contributed by atoms with Gasteiger partial charge in [0.15, 0.2) is 0 Å². The molecule has 122 valence electrons. The number of hydrogen-bond acceptors (Lipinski definition) is 3. The Morgan fingerprint density at radius 3 is 2.83 bits per heavy atom. The fourth-order valence-electron chi connectivity index (χ4n) is 2.01. The SMILES string of the molecule is CN(CCC(=O)O)C(=O)NCc1c(F)cccc1-n1cccn1. The third-order valence-electron chi connectivity index (χ3n) is 3.27. The number of carboxylic acid groups (broad SMARTS) is 1. The number of amides is 2. The summed E-state index contributed by atoms with van der Waals surface area (Å²) in [6, 6.07) is 5.82. The second-order valence-electron chi connectivity index (χ2n) is 4.91. The van der Waals surface area contributed by atoms with Crippen molar-refractivity contribution in [2.45, 2.75) is 13.0 Å². The Kier molecular flexibility index (Phi) is 5.29. The molecule has 0 aliphatic heterocycles. The van der Waals surface area contributed by atoms with Crippen LogP contribution in [0.5, 0.6) is 0 Å². The van der Waals surface area contributed by atoms with Crippen molar-refractivity contribution in [3.05, 3.63) is 48.0 Å². The second-order valence-corrected chi connectivity index (χ2v) is 4.91. The summed E-state index contributed by atoms with van der Waals surface area (Å²) in [7, 11) is 1.48. The lowest BCUT2D eigenvalue weighted by Crippen LogP contribution is -2.38. The Labute approximate surface area is 132 Å². The average molecular weight is 320 g/mol. The van der Waals surface area contributed by atoms with E-state index in [1.54, 1.807) is 30.6 Å². The van der Waals surface area contributed by atoms with Crippen molar-refractivity contribution in [2.24, 2.45) is 0 Å². The van der Waals surface area contributed by atoms with Crippen molar-refractivity contribution in [3.8, 4) is 5.69 Å². The molecular formula is C15H17FN4O3. The van der Waals surface area contributed by atoms with Crippen LogP contribution in [0.15, 0.2) is 36.7 Å². The van der Waals surface area contributed by atoms with E-state index in [2.05, 4.69) is 10.4 Å². The van der Waals surface area contributed by atoms with Crippen LogP contribution in [0.1, 0.15) is 12.0 Å². The summed E-state index contributed by atoms with van der Waals surface area (Å²) in [6.45, 7) is 0.0442. The lowest BCUT2D eigenvalue weighted by atomic mass is 10.1. The highest BCUT2D eigenvalue weighted by molar-refractivity contribution is 5.75. The van der Waals surface area contributed by atoms with E-state index < -0.39 is 17.8 Å². The van der Waals surface area contributed by atoms with Gasteiger partial charge >= 0.3 is 12.0 Å². The van der Waals surface area contributed by atoms with Gasteiger partial charge in [-0.3, -0.25) is 4.79 Å². The molecule has 2 amide bonds. The highest BCUT2D eigenvalue weighted by Gasteiger charge is 2.14. The van der Waals surface area contributed by atoms with Crippen LogP contribution in [0, 0.1) is 5.82 Å². The number of urea groups is 1. The highest BCUT2D eigenvalue weighted by Crippen LogP contribution is 2.17. The first-order valence-corrected chi connectivity index (χ1v) is 6.97. The smallest absolute Gasteiger partial charge is 0.317 e. The van der Waals surface area contributed by atoms with Gasteiger partial charge in [0.1, 0.15) is 5.82 Å². The summed E-state index contributed by atoms with van der Waals surface area (Å²) >= 11 is 0. The van der Waals surface area contributed by atoms with Gasteiger partial charge < -0.3 is 15.3 Å². The summed E-state index contributed by atoms with van der Waals surface area (Å²) in [4.78, 5) is 23.7. The highest BCUT2D eigenvalue weighted by atomic mass is 19.1. The average Bonchev–Trinajstić information content (AvgIpc) is 3.05. The monoisotopic (exact) mass is 320 g/mol. The fraction of sp³-hybridized carbons (Fsp3) is 0.267. The molecule has 0 aliphatic rings. The molecule has 1 aromatic carbocycles. The predicted octanol–water partition coefficient (Wildman–Crippen LogP) is 1.63. The molecule has 0 saturated heterocycles. The predicted molar refractivity (Wildman–Crippen MR) is 80.6 cm³/mol. The van der Waals surface area contributed by atoms with Crippen LogP contribution in [0.2, 0.25) is 0 Å². The zero-order chi connectivity index (χ0) is 16.8. The van der Waals surface area contributed by atoms with Crippen LogP contribution in [-0.4, -0.2) is 45.4 Å². The third-order valence-corrected chi connectivity index (χ3v) is 3.27. The maximum Gasteiger partial charge on any atom is 0.317 e. The van der Waals surface area contributed by atoms with Crippen LogP contribution in [0.4, 0.5) is 9.18 Å². The van der Waals surface area contributed by atoms with E-state index in [0.717, 1.165) is 0 Å². The molecule has 8 heteroatoms. The molecule has 0 bridgehead atoms. The number of hydrogen-bond donors (Lipinski definition) is 2. The minimum absolute atomic E-state index is 0.0297. The molecule has 2 N–H and O–H groups in total. The van der Waals surface area contributed by atoms with Gasteiger partial charge in [-0.15, -0.1) is 0 Å². The van der Waals surface area contributed by atoms with E-state index >= 15 is 0 Å². The number of nitrogens with one attached hydrogen (secondary N) is 1. The Balaban J connectivity index is 2.06. The molecule has 0 fully saturated rings. The van der Waals surface area contributed by atoms with Gasteiger partial charge in [-0.2, -0.15) is 5.10 Å². The van der Waals surface area contributed by atoms with Gasteiger partial charge in [0.25, 0.3) is 0 Å². The number of benzene rings is 1. The molecule has 23 heavy (non-hydrogen) atoms. The molecule has 0 saturated carbocycles. The molecule has 2 aromatic rings. The summed E-state index contributed by atoms with van der Waals surface area (Å²) in [6.07, 6.45) is 3.11. The van der Waals surface area contributed by atoms with Crippen LogP contribution >= 0.6 is 0 Å². The first-order valence-electron chi connectivity index (χ1n) is 6.97. The first kappa shape index (κ1) is 16.5. The van der Waals surface area contributed by atoms with Gasteiger partial charge in [-0.1, -0.05) is 6.07 Å². The van der Waals surface area contributed by atoms with Crippen LogP contribution in [0.25, 0.3) is 5.69 Å². The molecule has 7 nitrogen and oxygen atoms in total. The minimum Gasteiger partial charge on any atom is -0.481 e. The van der Waals surface area contributed by atoms with Crippen LogP contribution < -0.4 is 5.32 Å². The molecular weight excluding hydrogens is 303 g/mol. The molecule has 0 aliphatic carbocycles. The number of nitrogens with zero attached hydrogens (tertiary/aromatic N) is 3. The molecule has 0 spiro atoms. The van der Waals surface area contributed by atoms with Gasteiger partial charge in [0.05, 0.1) is 12.1 Å². The van der Waals surface area contributed by atoms with E-state index in [1.807, 2.05) is 0 Å². The second kappa shape index (κ2) is 7.39. The maximum atomic E-state index is 14.1. The molecule has 1 heterocycles. The molecule has 1 aromatic heterocycles. The van der Waals surface area contributed by atoms with Crippen molar-refractivity contribution in [3.63, 3.8) is 0 Å². The van der Waals surface area contributed by atoms with E-state index in [1.165, 1.54) is 22.7 Å². The molecule has 0 radical (unpaired) electrons.